The maximum absolute atomic E-state index is 11.7. The third-order valence-corrected chi connectivity index (χ3v) is 4.71. The first-order chi connectivity index (χ1) is 8.58. The Labute approximate surface area is 105 Å². The van der Waals surface area contributed by atoms with Crippen LogP contribution < -0.4 is 0 Å². The largest absolute Gasteiger partial charge is 0.293 e. The normalized spacial score (nSPS) is 16.6. The highest BCUT2D eigenvalue weighted by atomic mass is 32.2. The van der Waals surface area contributed by atoms with Crippen molar-refractivity contribution in [1.29, 1.82) is 0 Å². The van der Waals surface area contributed by atoms with Crippen molar-refractivity contribution in [3.05, 3.63) is 54.1 Å². The summed E-state index contributed by atoms with van der Waals surface area (Å²) in [6, 6.07) is 14.5. The first-order valence-corrected chi connectivity index (χ1v) is 7.18. The first kappa shape index (κ1) is 11.2. The predicted molar refractivity (Wildman–Crippen MR) is 68.3 cm³/mol. The van der Waals surface area contributed by atoms with Crippen molar-refractivity contribution in [3.8, 4) is 11.1 Å². The lowest BCUT2D eigenvalue weighted by Gasteiger charge is -2.03. The van der Waals surface area contributed by atoms with Crippen molar-refractivity contribution < 1.29 is 13.2 Å². The van der Waals surface area contributed by atoms with Crippen LogP contribution in [0.1, 0.15) is 10.4 Å². The zero-order chi connectivity index (χ0) is 12.8. The van der Waals surface area contributed by atoms with Crippen LogP contribution in [0, 0.1) is 0 Å². The van der Waals surface area contributed by atoms with Gasteiger partial charge < -0.3 is 0 Å². The standard InChI is InChI=1S/C14H10O3S/c15-13-9-18(16,17)14-7-6-11(8-12(13)14)10-4-2-1-3-5-10/h1-8H,9H2. The van der Waals surface area contributed by atoms with Crippen molar-refractivity contribution in [2.45, 2.75) is 4.90 Å². The maximum Gasteiger partial charge on any atom is 0.186 e. The SMILES string of the molecule is O=C1CS(=O)(=O)c2ccc(-c3ccccc3)cc21. The summed E-state index contributed by atoms with van der Waals surface area (Å²) < 4.78 is 23.4. The summed E-state index contributed by atoms with van der Waals surface area (Å²) in [5, 5.41) is 0. The molecule has 0 amide bonds. The third kappa shape index (κ3) is 1.66. The molecule has 0 fully saturated rings. The van der Waals surface area contributed by atoms with Crippen LogP contribution in [0.3, 0.4) is 0 Å². The number of ketones is 1. The van der Waals surface area contributed by atoms with E-state index in [1.54, 1.807) is 12.1 Å². The minimum atomic E-state index is -3.40. The van der Waals surface area contributed by atoms with Gasteiger partial charge in [-0.25, -0.2) is 8.42 Å². The third-order valence-electron chi connectivity index (χ3n) is 3.04. The fraction of sp³-hybridized carbons (Fsp3) is 0.0714. The molecule has 3 nitrogen and oxygen atoms in total. The summed E-state index contributed by atoms with van der Waals surface area (Å²) in [6.45, 7) is 0. The molecule has 0 aromatic heterocycles. The number of fused-ring (bicyclic) bond motifs is 1. The fourth-order valence-electron chi connectivity index (χ4n) is 2.16. The van der Waals surface area contributed by atoms with E-state index in [1.165, 1.54) is 6.07 Å². The molecule has 0 N–H and O–H groups in total. The van der Waals surface area contributed by atoms with Gasteiger partial charge in [-0.05, 0) is 23.3 Å². The van der Waals surface area contributed by atoms with Crippen LogP contribution in [0.15, 0.2) is 53.4 Å². The second-order valence-corrected chi connectivity index (χ2v) is 6.22. The molecule has 18 heavy (non-hydrogen) atoms. The smallest absolute Gasteiger partial charge is 0.186 e. The van der Waals surface area contributed by atoms with Gasteiger partial charge in [0.05, 0.1) is 4.90 Å². The zero-order valence-corrected chi connectivity index (χ0v) is 10.3. The molecule has 1 aliphatic rings. The van der Waals surface area contributed by atoms with Crippen LogP contribution in [0.4, 0.5) is 0 Å². The number of Topliss-reactive ketones (excluding diaryl/α,β-unsaturated/α-hetero) is 1. The highest BCUT2D eigenvalue weighted by Crippen LogP contribution is 2.30. The number of sulfone groups is 1. The average Bonchev–Trinajstić information content (AvgIpc) is 2.61. The van der Waals surface area contributed by atoms with Gasteiger partial charge in [-0.1, -0.05) is 36.4 Å². The molecule has 0 unspecified atom stereocenters. The molecule has 1 heterocycles. The number of benzene rings is 2. The molecule has 0 spiro atoms. The molecule has 0 atom stereocenters. The number of rotatable bonds is 1. The van der Waals surface area contributed by atoms with E-state index in [0.29, 0.717) is 5.56 Å². The van der Waals surface area contributed by atoms with Gasteiger partial charge in [-0.3, -0.25) is 4.79 Å². The summed E-state index contributed by atoms with van der Waals surface area (Å²) in [5.74, 6) is -0.719. The lowest BCUT2D eigenvalue weighted by Crippen LogP contribution is -2.03. The monoisotopic (exact) mass is 258 g/mol. The number of carbonyl (C=O) groups is 1. The van der Waals surface area contributed by atoms with Gasteiger partial charge in [0.1, 0.15) is 5.75 Å². The van der Waals surface area contributed by atoms with Gasteiger partial charge >= 0.3 is 0 Å². The molecule has 0 bridgehead atoms. The second kappa shape index (κ2) is 3.78. The van der Waals surface area contributed by atoms with Crippen molar-refractivity contribution in [2.24, 2.45) is 0 Å². The molecule has 0 radical (unpaired) electrons. The molecule has 4 heteroatoms. The lowest BCUT2D eigenvalue weighted by molar-refractivity contribution is 0.102. The van der Waals surface area contributed by atoms with E-state index in [0.717, 1.165) is 11.1 Å². The van der Waals surface area contributed by atoms with Crippen LogP contribution in [-0.4, -0.2) is 20.0 Å². The van der Waals surface area contributed by atoms with Crippen LogP contribution in [0.5, 0.6) is 0 Å². The Morgan fingerprint density at radius 1 is 0.889 bits per heavy atom. The van der Waals surface area contributed by atoms with E-state index < -0.39 is 15.6 Å². The Morgan fingerprint density at radius 2 is 1.61 bits per heavy atom. The van der Waals surface area contributed by atoms with Gasteiger partial charge in [0.25, 0.3) is 0 Å². The summed E-state index contributed by atoms with van der Waals surface area (Å²) in [5.41, 5.74) is 2.15. The Balaban J connectivity index is 2.20. The molecule has 0 saturated heterocycles. The van der Waals surface area contributed by atoms with E-state index in [-0.39, 0.29) is 10.7 Å². The number of hydrogen-bond donors (Lipinski definition) is 0. The Kier molecular flexibility index (Phi) is 2.35. The highest BCUT2D eigenvalue weighted by molar-refractivity contribution is 7.92. The van der Waals surface area contributed by atoms with Crippen molar-refractivity contribution in [3.63, 3.8) is 0 Å². The Morgan fingerprint density at radius 3 is 2.33 bits per heavy atom. The van der Waals surface area contributed by atoms with Crippen LogP contribution in [0.25, 0.3) is 11.1 Å². The quantitative estimate of drug-likeness (QED) is 0.788. The van der Waals surface area contributed by atoms with E-state index in [4.69, 9.17) is 0 Å². The number of hydrogen-bond acceptors (Lipinski definition) is 3. The van der Waals surface area contributed by atoms with Gasteiger partial charge in [0.2, 0.25) is 0 Å². The minimum Gasteiger partial charge on any atom is -0.293 e. The van der Waals surface area contributed by atoms with Crippen molar-refractivity contribution in [1.82, 2.24) is 0 Å². The molecular weight excluding hydrogens is 248 g/mol. The topological polar surface area (TPSA) is 51.2 Å². The average molecular weight is 258 g/mol. The summed E-state index contributed by atoms with van der Waals surface area (Å²) in [7, 11) is -3.40. The molecule has 2 aromatic carbocycles. The second-order valence-electron chi connectivity index (χ2n) is 4.26. The lowest BCUT2D eigenvalue weighted by atomic mass is 10.0. The van der Waals surface area contributed by atoms with Crippen molar-refractivity contribution in [2.75, 3.05) is 5.75 Å². The summed E-state index contributed by atoms with van der Waals surface area (Å²) >= 11 is 0. The van der Waals surface area contributed by atoms with Crippen LogP contribution >= 0.6 is 0 Å². The molecule has 2 aromatic rings. The zero-order valence-electron chi connectivity index (χ0n) is 9.46. The predicted octanol–water partition coefficient (Wildman–Crippen LogP) is 2.32. The molecule has 3 rings (SSSR count). The minimum absolute atomic E-state index is 0.159. The van der Waals surface area contributed by atoms with E-state index in [1.807, 2.05) is 30.3 Å². The van der Waals surface area contributed by atoms with Gasteiger partial charge in [-0.15, -0.1) is 0 Å². The molecule has 1 aliphatic heterocycles. The number of carbonyl (C=O) groups excluding carboxylic acids is 1. The molecule has 90 valence electrons. The molecular formula is C14H10O3S. The molecule has 0 aliphatic carbocycles. The van der Waals surface area contributed by atoms with Crippen LogP contribution in [-0.2, 0) is 9.84 Å². The highest BCUT2D eigenvalue weighted by Gasteiger charge is 2.33. The molecule has 0 saturated carbocycles. The van der Waals surface area contributed by atoms with E-state index >= 15 is 0 Å². The van der Waals surface area contributed by atoms with Gasteiger partial charge in [0, 0.05) is 5.56 Å². The Hall–Kier alpha value is -1.94. The summed E-state index contributed by atoms with van der Waals surface area (Å²) in [6.07, 6.45) is 0. The van der Waals surface area contributed by atoms with Crippen LogP contribution in [0.2, 0.25) is 0 Å². The van der Waals surface area contributed by atoms with Gasteiger partial charge in [-0.2, -0.15) is 0 Å². The van der Waals surface area contributed by atoms with E-state index in [9.17, 15) is 13.2 Å². The maximum atomic E-state index is 11.7. The Bertz CT molecular complexity index is 731. The van der Waals surface area contributed by atoms with Gasteiger partial charge in [0.15, 0.2) is 15.6 Å². The fourth-order valence-corrected chi connectivity index (χ4v) is 3.60. The van der Waals surface area contributed by atoms with Crippen molar-refractivity contribution >= 4 is 15.6 Å². The summed E-state index contributed by atoms with van der Waals surface area (Å²) in [4.78, 5) is 11.8. The first-order valence-electron chi connectivity index (χ1n) is 5.53. The van der Waals surface area contributed by atoms with E-state index in [2.05, 4.69) is 0 Å².